The van der Waals surface area contributed by atoms with Crippen molar-refractivity contribution in [2.75, 3.05) is 5.32 Å². The number of nitrogens with zero attached hydrogens (tertiary/aromatic N) is 3. The van der Waals surface area contributed by atoms with Gasteiger partial charge in [0, 0.05) is 16.1 Å². The number of thiocarbonyl (C=S) groups is 1. The van der Waals surface area contributed by atoms with E-state index in [1.807, 2.05) is 48.5 Å². The second-order valence-corrected chi connectivity index (χ2v) is 9.22. The van der Waals surface area contributed by atoms with Gasteiger partial charge in [-0.1, -0.05) is 59.6 Å². The monoisotopic (exact) mass is 535 g/mol. The van der Waals surface area contributed by atoms with Crippen molar-refractivity contribution in [3.63, 3.8) is 0 Å². The lowest BCUT2D eigenvalue weighted by Crippen LogP contribution is -2.42. The van der Waals surface area contributed by atoms with Gasteiger partial charge in [-0.05, 0) is 67.0 Å². The summed E-state index contributed by atoms with van der Waals surface area (Å²) in [5.41, 5.74) is 2.95. The first-order valence-corrected chi connectivity index (χ1v) is 12.1. The topological polar surface area (TPSA) is 81.1 Å². The molecule has 0 aliphatic heterocycles. The first-order chi connectivity index (χ1) is 17.4. The van der Waals surface area contributed by atoms with Gasteiger partial charge < -0.3 is 10.1 Å². The van der Waals surface area contributed by atoms with E-state index in [1.54, 1.807) is 29.9 Å². The van der Waals surface area contributed by atoms with Crippen LogP contribution in [-0.4, -0.2) is 32.1 Å². The van der Waals surface area contributed by atoms with Gasteiger partial charge in [-0.3, -0.25) is 10.1 Å². The fourth-order valence-electron chi connectivity index (χ4n) is 3.67. The number of rotatable bonds is 5. The van der Waals surface area contributed by atoms with Gasteiger partial charge >= 0.3 is 0 Å². The quantitative estimate of drug-likeness (QED) is 0.262. The average molecular weight is 536 g/mol. The molecule has 36 heavy (non-hydrogen) atoms. The number of amides is 1. The molecule has 0 radical (unpaired) electrons. The Bertz CT molecular complexity index is 1620. The maximum Gasteiger partial charge on any atom is 0.266 e. The largest absolute Gasteiger partial charge is 0.479 e. The minimum atomic E-state index is -0.841. The van der Waals surface area contributed by atoms with E-state index in [-0.39, 0.29) is 5.11 Å². The number of carbonyl (C=O) groups is 1. The number of benzene rings is 4. The molecule has 0 aliphatic carbocycles. The van der Waals surface area contributed by atoms with Crippen LogP contribution in [0.5, 0.6) is 5.75 Å². The van der Waals surface area contributed by atoms with E-state index in [0.717, 1.165) is 22.0 Å². The highest BCUT2D eigenvalue weighted by Crippen LogP contribution is 2.28. The van der Waals surface area contributed by atoms with Gasteiger partial charge in [0.1, 0.15) is 16.8 Å². The predicted molar refractivity (Wildman–Crippen MR) is 147 cm³/mol. The number of aromatic nitrogens is 3. The van der Waals surface area contributed by atoms with Crippen molar-refractivity contribution in [2.45, 2.75) is 13.0 Å². The number of hydrogen-bond acceptors (Lipinski definition) is 5. The molecular weight excluding hydrogens is 517 g/mol. The Hall–Kier alpha value is -3.72. The summed E-state index contributed by atoms with van der Waals surface area (Å²) in [6.45, 7) is 1.60. The molecule has 1 amide bonds. The number of nitrogens with one attached hydrogen (secondary N) is 2. The number of carbonyl (C=O) groups excluding carboxylic acids is 1. The highest BCUT2D eigenvalue weighted by atomic mass is 35.5. The molecular formula is C26H19Cl2N5O2S. The molecule has 0 bridgehead atoms. The first kappa shape index (κ1) is 24.0. The van der Waals surface area contributed by atoms with Crippen LogP contribution in [0.1, 0.15) is 6.92 Å². The summed E-state index contributed by atoms with van der Waals surface area (Å²) in [7, 11) is 0. The number of fused-ring (bicyclic) bond motifs is 2. The normalized spacial score (nSPS) is 11.9. The first-order valence-electron chi connectivity index (χ1n) is 11.0. The van der Waals surface area contributed by atoms with Crippen molar-refractivity contribution in [2.24, 2.45) is 0 Å². The third-order valence-corrected chi connectivity index (χ3v) is 6.16. The van der Waals surface area contributed by atoms with Crippen LogP contribution in [0.3, 0.4) is 0 Å². The van der Waals surface area contributed by atoms with E-state index in [9.17, 15) is 4.79 Å². The van der Waals surface area contributed by atoms with Crippen LogP contribution in [-0.2, 0) is 4.79 Å². The van der Waals surface area contributed by atoms with Gasteiger partial charge in [0.05, 0.1) is 10.7 Å². The summed E-state index contributed by atoms with van der Waals surface area (Å²) >= 11 is 17.3. The molecule has 0 saturated carbocycles. The van der Waals surface area contributed by atoms with E-state index in [0.29, 0.717) is 27.0 Å². The number of ether oxygens (including phenoxy) is 1. The van der Waals surface area contributed by atoms with E-state index in [1.165, 1.54) is 0 Å². The van der Waals surface area contributed by atoms with Crippen molar-refractivity contribution >= 4 is 73.9 Å². The maximum absolute atomic E-state index is 12.5. The Morgan fingerprint density at radius 3 is 2.58 bits per heavy atom. The minimum absolute atomic E-state index is 0.124. The van der Waals surface area contributed by atoms with Gasteiger partial charge in [0.2, 0.25) is 0 Å². The predicted octanol–water partition coefficient (Wildman–Crippen LogP) is 6.16. The molecule has 1 heterocycles. The lowest BCUT2D eigenvalue weighted by Gasteiger charge is -2.16. The van der Waals surface area contributed by atoms with Crippen LogP contribution in [0.4, 0.5) is 5.69 Å². The molecule has 1 atom stereocenters. The molecule has 0 fully saturated rings. The molecule has 7 nitrogen and oxygen atoms in total. The third kappa shape index (κ3) is 5.11. The molecule has 4 aromatic carbocycles. The number of hydrogen-bond donors (Lipinski definition) is 2. The van der Waals surface area contributed by atoms with Gasteiger partial charge in [0.25, 0.3) is 5.91 Å². The fourth-order valence-corrected chi connectivity index (χ4v) is 4.34. The Balaban J connectivity index is 1.27. The van der Waals surface area contributed by atoms with Gasteiger partial charge in [-0.15, -0.1) is 15.0 Å². The number of halogens is 2. The van der Waals surface area contributed by atoms with Crippen molar-refractivity contribution in [3.05, 3.63) is 88.9 Å². The van der Waals surface area contributed by atoms with Gasteiger partial charge in [-0.25, -0.2) is 0 Å². The lowest BCUT2D eigenvalue weighted by atomic mass is 10.1. The molecule has 10 heteroatoms. The molecule has 180 valence electrons. The van der Waals surface area contributed by atoms with Crippen molar-refractivity contribution in [1.82, 2.24) is 20.3 Å². The summed E-state index contributed by atoms with van der Waals surface area (Å²) in [4.78, 5) is 14.2. The molecule has 0 saturated heterocycles. The molecule has 2 N–H and O–H groups in total. The molecule has 1 aromatic heterocycles. The second-order valence-electron chi connectivity index (χ2n) is 7.97. The SMILES string of the molecule is CC(Oc1ccc(Cl)cc1Cl)C(=O)NC(=S)Nc1ccc2nn(-c3cccc4ccccc34)nc2c1. The zero-order valence-electron chi connectivity index (χ0n) is 18.9. The van der Waals surface area contributed by atoms with Crippen LogP contribution in [0.2, 0.25) is 10.0 Å². The van der Waals surface area contributed by atoms with E-state index < -0.39 is 12.0 Å². The number of anilines is 1. The third-order valence-electron chi connectivity index (χ3n) is 5.42. The Morgan fingerprint density at radius 1 is 0.972 bits per heavy atom. The average Bonchev–Trinajstić information content (AvgIpc) is 3.28. The van der Waals surface area contributed by atoms with Crippen molar-refractivity contribution in [3.8, 4) is 11.4 Å². The van der Waals surface area contributed by atoms with Crippen LogP contribution in [0.15, 0.2) is 78.9 Å². The lowest BCUT2D eigenvalue weighted by molar-refractivity contribution is -0.125. The van der Waals surface area contributed by atoms with Crippen LogP contribution >= 0.6 is 35.4 Å². The highest BCUT2D eigenvalue weighted by molar-refractivity contribution is 7.80. The summed E-state index contributed by atoms with van der Waals surface area (Å²) in [5, 5.41) is 18.0. The fraction of sp³-hybridized carbons (Fsp3) is 0.0769. The molecule has 5 rings (SSSR count). The van der Waals surface area contributed by atoms with E-state index in [2.05, 4.69) is 33.0 Å². The van der Waals surface area contributed by atoms with Gasteiger partial charge in [0.15, 0.2) is 11.2 Å². The maximum atomic E-state index is 12.5. The van der Waals surface area contributed by atoms with Crippen molar-refractivity contribution < 1.29 is 9.53 Å². The summed E-state index contributed by atoms with van der Waals surface area (Å²) in [6, 6.07) is 24.3. The summed E-state index contributed by atoms with van der Waals surface area (Å²) in [5.74, 6) is -0.0798. The van der Waals surface area contributed by atoms with E-state index >= 15 is 0 Å². The van der Waals surface area contributed by atoms with Crippen LogP contribution in [0, 0.1) is 0 Å². The van der Waals surface area contributed by atoms with Crippen LogP contribution < -0.4 is 15.4 Å². The molecule has 1 unspecified atom stereocenters. The zero-order valence-corrected chi connectivity index (χ0v) is 21.2. The Labute approximate surface area is 222 Å². The molecule has 0 aliphatic rings. The van der Waals surface area contributed by atoms with Crippen LogP contribution in [0.25, 0.3) is 27.5 Å². The zero-order chi connectivity index (χ0) is 25.2. The smallest absolute Gasteiger partial charge is 0.266 e. The van der Waals surface area contributed by atoms with E-state index in [4.69, 9.17) is 40.2 Å². The van der Waals surface area contributed by atoms with Gasteiger partial charge in [-0.2, -0.15) is 0 Å². The summed E-state index contributed by atoms with van der Waals surface area (Å²) < 4.78 is 5.63. The Kier molecular flexibility index (Phi) is 6.73. The minimum Gasteiger partial charge on any atom is -0.479 e. The Morgan fingerprint density at radius 2 is 1.75 bits per heavy atom. The summed E-state index contributed by atoms with van der Waals surface area (Å²) in [6.07, 6.45) is -0.841. The standard InChI is InChI=1S/C26H19Cl2N5O2S/c1-15(35-24-12-9-17(27)13-20(24)28)25(34)30-26(36)29-18-10-11-21-22(14-18)32-33(31-21)23-8-4-6-16-5-2-3-7-19(16)23/h2-15H,1H3,(H2,29,30,34,36). The molecule has 5 aromatic rings. The highest BCUT2D eigenvalue weighted by Gasteiger charge is 2.18. The van der Waals surface area contributed by atoms with Crippen molar-refractivity contribution in [1.29, 1.82) is 0 Å². The second kappa shape index (κ2) is 10.1. The molecule has 0 spiro atoms.